The van der Waals surface area contributed by atoms with Crippen molar-refractivity contribution in [2.24, 2.45) is 0 Å². The van der Waals surface area contributed by atoms with Crippen molar-refractivity contribution in [2.75, 3.05) is 19.4 Å². The van der Waals surface area contributed by atoms with Gasteiger partial charge >= 0.3 is 12.1 Å². The normalized spacial score (nSPS) is 11.3. The number of hydrogen-bond donors (Lipinski definition) is 2. The summed E-state index contributed by atoms with van der Waals surface area (Å²) < 4.78 is 9.77. The Bertz CT molecular complexity index is 589. The van der Waals surface area contributed by atoms with E-state index in [0.717, 1.165) is 5.56 Å². The summed E-state index contributed by atoms with van der Waals surface area (Å²) in [5.74, 6) is -0.459. The van der Waals surface area contributed by atoms with Crippen LogP contribution >= 0.6 is 0 Å². The summed E-state index contributed by atoms with van der Waals surface area (Å²) in [6.07, 6.45) is 3.99. The number of anilines is 1. The van der Waals surface area contributed by atoms with Gasteiger partial charge in [0.2, 0.25) is 0 Å². The molecule has 0 atom stereocenters. The zero-order valence-electron chi connectivity index (χ0n) is 14.0. The van der Waals surface area contributed by atoms with E-state index in [1.54, 1.807) is 18.2 Å². The van der Waals surface area contributed by atoms with E-state index in [-0.39, 0.29) is 0 Å². The average molecular weight is 320 g/mol. The molecule has 0 saturated heterocycles. The third-order valence-electron chi connectivity index (χ3n) is 2.77. The lowest BCUT2D eigenvalue weighted by atomic mass is 10.1. The van der Waals surface area contributed by atoms with Crippen LogP contribution in [0.25, 0.3) is 6.08 Å². The molecule has 1 aromatic carbocycles. The minimum Gasteiger partial charge on any atom is -0.465 e. The second kappa shape index (κ2) is 8.22. The van der Waals surface area contributed by atoms with Gasteiger partial charge in [0.15, 0.2) is 0 Å². The predicted molar refractivity (Wildman–Crippen MR) is 90.1 cm³/mol. The molecule has 126 valence electrons. The zero-order chi connectivity index (χ0) is 17.5. The quantitative estimate of drug-likeness (QED) is 0.494. The van der Waals surface area contributed by atoms with Crippen molar-refractivity contribution < 1.29 is 19.1 Å². The first-order valence-electron chi connectivity index (χ1n) is 7.34. The molecular formula is C17H24N2O4. The minimum atomic E-state index is -0.501. The topological polar surface area (TPSA) is 90.6 Å². The fourth-order valence-electron chi connectivity index (χ4n) is 1.77. The van der Waals surface area contributed by atoms with Crippen LogP contribution in [0.3, 0.4) is 0 Å². The third-order valence-corrected chi connectivity index (χ3v) is 2.77. The van der Waals surface area contributed by atoms with Crippen LogP contribution in [0.1, 0.15) is 43.1 Å². The first kappa shape index (κ1) is 18.5. The monoisotopic (exact) mass is 320 g/mol. The van der Waals surface area contributed by atoms with Gasteiger partial charge in [-0.25, -0.2) is 9.59 Å². The van der Waals surface area contributed by atoms with Gasteiger partial charge in [-0.3, -0.25) is 0 Å². The van der Waals surface area contributed by atoms with Crippen LogP contribution in [0.15, 0.2) is 24.3 Å². The number of carbonyl (C=O) groups excluding carboxylic acids is 2. The molecule has 0 fully saturated rings. The molecule has 0 unspecified atom stereocenters. The average Bonchev–Trinajstić information content (AvgIpc) is 2.44. The fourth-order valence-corrected chi connectivity index (χ4v) is 1.77. The first-order chi connectivity index (χ1) is 10.7. The van der Waals surface area contributed by atoms with Crippen molar-refractivity contribution in [1.82, 2.24) is 5.32 Å². The van der Waals surface area contributed by atoms with E-state index in [1.807, 2.05) is 32.9 Å². The second-order valence-corrected chi connectivity index (χ2v) is 5.96. The summed E-state index contributed by atoms with van der Waals surface area (Å²) in [7, 11) is 1.31. The standard InChI is InChI=1S/C17H24N2O4/c1-17(2,3)23-16(21)19-10-6-5-7-12-8-9-13(14(18)11-12)15(20)22-4/h5,7-9,11H,6,10,18H2,1-4H3,(H,19,21). The van der Waals surface area contributed by atoms with E-state index >= 15 is 0 Å². The van der Waals surface area contributed by atoms with Gasteiger partial charge in [-0.1, -0.05) is 18.2 Å². The maximum absolute atomic E-state index is 11.4. The van der Waals surface area contributed by atoms with Gasteiger partial charge in [0.1, 0.15) is 5.60 Å². The van der Waals surface area contributed by atoms with Crippen LogP contribution in [0, 0.1) is 0 Å². The smallest absolute Gasteiger partial charge is 0.407 e. The fraction of sp³-hybridized carbons (Fsp3) is 0.412. The summed E-state index contributed by atoms with van der Waals surface area (Å²) in [4.78, 5) is 22.9. The Morgan fingerprint density at radius 3 is 2.57 bits per heavy atom. The van der Waals surface area contributed by atoms with Crippen LogP contribution in [0.2, 0.25) is 0 Å². The lowest BCUT2D eigenvalue weighted by molar-refractivity contribution is 0.0527. The number of nitrogen functional groups attached to an aromatic ring is 1. The molecule has 0 saturated carbocycles. The number of rotatable bonds is 5. The van der Waals surface area contributed by atoms with E-state index in [4.69, 9.17) is 10.5 Å². The van der Waals surface area contributed by atoms with Gasteiger partial charge in [-0.2, -0.15) is 0 Å². The molecule has 0 radical (unpaired) electrons. The van der Waals surface area contributed by atoms with Crippen molar-refractivity contribution in [3.63, 3.8) is 0 Å². The van der Waals surface area contributed by atoms with Gasteiger partial charge in [-0.05, 0) is 44.9 Å². The lowest BCUT2D eigenvalue weighted by Gasteiger charge is -2.19. The summed E-state index contributed by atoms with van der Waals surface area (Å²) in [5.41, 5.74) is 6.90. The third kappa shape index (κ3) is 6.86. The molecule has 0 aliphatic carbocycles. The Balaban J connectivity index is 2.45. The second-order valence-electron chi connectivity index (χ2n) is 5.96. The molecule has 0 aliphatic heterocycles. The van der Waals surface area contributed by atoms with Crippen LogP contribution in [0.4, 0.5) is 10.5 Å². The lowest BCUT2D eigenvalue weighted by Crippen LogP contribution is -2.32. The number of amides is 1. The number of esters is 1. The molecule has 0 aromatic heterocycles. The van der Waals surface area contributed by atoms with E-state index < -0.39 is 17.7 Å². The molecule has 6 heteroatoms. The van der Waals surface area contributed by atoms with Crippen LogP contribution < -0.4 is 11.1 Å². The molecule has 0 heterocycles. The highest BCUT2D eigenvalue weighted by atomic mass is 16.6. The Labute approximate surface area is 136 Å². The van der Waals surface area contributed by atoms with Crippen molar-refractivity contribution >= 4 is 23.8 Å². The molecule has 0 bridgehead atoms. The van der Waals surface area contributed by atoms with E-state index in [9.17, 15) is 9.59 Å². The minimum absolute atomic E-state index is 0.344. The van der Waals surface area contributed by atoms with Crippen molar-refractivity contribution in [3.05, 3.63) is 35.4 Å². The van der Waals surface area contributed by atoms with Gasteiger partial charge in [-0.15, -0.1) is 0 Å². The highest BCUT2D eigenvalue weighted by molar-refractivity contribution is 5.95. The van der Waals surface area contributed by atoms with Gasteiger partial charge in [0.05, 0.1) is 12.7 Å². The number of methoxy groups -OCH3 is 1. The maximum atomic E-state index is 11.4. The molecule has 1 aromatic rings. The summed E-state index contributed by atoms with van der Waals surface area (Å²) in [6, 6.07) is 5.10. The van der Waals surface area contributed by atoms with Crippen LogP contribution in [-0.2, 0) is 9.47 Å². The Morgan fingerprint density at radius 2 is 2.00 bits per heavy atom. The summed E-state index contributed by atoms with van der Waals surface area (Å²) in [5, 5.41) is 2.67. The zero-order valence-corrected chi connectivity index (χ0v) is 14.0. The van der Waals surface area contributed by atoms with E-state index in [1.165, 1.54) is 7.11 Å². The molecule has 0 aliphatic rings. The Morgan fingerprint density at radius 1 is 1.30 bits per heavy atom. The number of nitrogens with two attached hydrogens (primary N) is 1. The maximum Gasteiger partial charge on any atom is 0.407 e. The van der Waals surface area contributed by atoms with Gasteiger partial charge in [0.25, 0.3) is 0 Å². The molecule has 1 amide bonds. The molecule has 0 spiro atoms. The number of nitrogens with one attached hydrogen (secondary N) is 1. The highest BCUT2D eigenvalue weighted by Crippen LogP contribution is 2.16. The van der Waals surface area contributed by atoms with E-state index in [0.29, 0.717) is 24.2 Å². The van der Waals surface area contributed by atoms with E-state index in [2.05, 4.69) is 10.1 Å². The number of alkyl carbamates (subject to hydrolysis) is 1. The molecule has 3 N–H and O–H groups in total. The van der Waals surface area contributed by atoms with Crippen molar-refractivity contribution in [3.8, 4) is 0 Å². The van der Waals surface area contributed by atoms with Gasteiger partial charge < -0.3 is 20.5 Å². The highest BCUT2D eigenvalue weighted by Gasteiger charge is 2.15. The number of carbonyl (C=O) groups is 2. The number of hydrogen-bond acceptors (Lipinski definition) is 5. The number of ether oxygens (including phenoxy) is 2. The molecule has 23 heavy (non-hydrogen) atoms. The van der Waals surface area contributed by atoms with Crippen molar-refractivity contribution in [1.29, 1.82) is 0 Å². The Kier molecular flexibility index (Phi) is 6.63. The largest absolute Gasteiger partial charge is 0.465 e. The summed E-state index contributed by atoms with van der Waals surface area (Å²) in [6.45, 7) is 5.92. The molecule has 1 rings (SSSR count). The predicted octanol–water partition coefficient (Wildman–Crippen LogP) is 2.98. The Hall–Kier alpha value is -2.50. The molecular weight excluding hydrogens is 296 g/mol. The summed E-state index contributed by atoms with van der Waals surface area (Å²) >= 11 is 0. The SMILES string of the molecule is COC(=O)c1ccc(C=CCCNC(=O)OC(C)(C)C)cc1N. The van der Waals surface area contributed by atoms with Crippen LogP contribution in [0.5, 0.6) is 0 Å². The van der Waals surface area contributed by atoms with Gasteiger partial charge in [0, 0.05) is 12.2 Å². The number of benzene rings is 1. The molecule has 6 nitrogen and oxygen atoms in total. The van der Waals surface area contributed by atoms with Crippen LogP contribution in [-0.4, -0.2) is 31.3 Å². The first-order valence-corrected chi connectivity index (χ1v) is 7.34. The van der Waals surface area contributed by atoms with Crippen molar-refractivity contribution in [2.45, 2.75) is 32.8 Å².